The number of hydrogen-bond donors (Lipinski definition) is 1. The predicted molar refractivity (Wildman–Crippen MR) is 55.2 cm³/mol. The van der Waals surface area contributed by atoms with E-state index in [0.717, 1.165) is 15.9 Å². The topological polar surface area (TPSA) is 37.3 Å². The number of carbonyl (C=O) groups is 1. The second kappa shape index (κ2) is 6.20. The van der Waals surface area contributed by atoms with Gasteiger partial charge < -0.3 is 5.11 Å². The number of benzene rings is 1. The summed E-state index contributed by atoms with van der Waals surface area (Å²) in [6.07, 6.45) is 0. The van der Waals surface area contributed by atoms with Crippen LogP contribution in [0.2, 0.25) is 0 Å². The maximum atomic E-state index is 9.00. The summed E-state index contributed by atoms with van der Waals surface area (Å²) in [5, 5.41) is 7.42. The molecule has 0 amide bonds. The molecule has 0 saturated heterocycles. The van der Waals surface area contributed by atoms with Crippen molar-refractivity contribution in [3.63, 3.8) is 0 Å². The summed E-state index contributed by atoms with van der Waals surface area (Å²) in [6, 6.07) is 7.96. The van der Waals surface area contributed by atoms with Crippen LogP contribution in [0.3, 0.4) is 0 Å². The molecule has 0 atom stereocenters. The molecule has 0 aliphatic carbocycles. The van der Waals surface area contributed by atoms with Crippen molar-refractivity contribution in [1.29, 1.82) is 0 Å². The number of aliphatic carboxylic acids is 1. The first-order chi connectivity index (χ1) is 5.52. The second-order valence-corrected chi connectivity index (χ2v) is 3.79. The van der Waals surface area contributed by atoms with Crippen molar-refractivity contribution < 1.29 is 9.90 Å². The summed E-state index contributed by atoms with van der Waals surface area (Å²) >= 11 is 6.66. The van der Waals surface area contributed by atoms with Gasteiger partial charge in [-0.15, -0.1) is 0 Å². The lowest BCUT2D eigenvalue weighted by Crippen LogP contribution is -1.78. The summed E-state index contributed by atoms with van der Waals surface area (Å²) in [5.41, 5.74) is 0. The standard InChI is InChI=1S/C6H4Br2.C2H4O2/c7-5-2-1-3-6(8)4-5;1-2(3)4/h1-4H;1H3,(H,3,4). The molecule has 1 rings (SSSR count). The number of rotatable bonds is 0. The summed E-state index contributed by atoms with van der Waals surface area (Å²) in [7, 11) is 0. The smallest absolute Gasteiger partial charge is 0.300 e. The van der Waals surface area contributed by atoms with Crippen LogP contribution in [-0.2, 0) is 4.79 Å². The Hall–Kier alpha value is -0.350. The Bertz CT molecular complexity index is 240. The Morgan fingerprint density at radius 1 is 1.33 bits per heavy atom. The van der Waals surface area contributed by atoms with E-state index < -0.39 is 5.97 Å². The molecule has 0 saturated carbocycles. The molecule has 2 nitrogen and oxygen atoms in total. The summed E-state index contributed by atoms with van der Waals surface area (Å²) in [6.45, 7) is 1.08. The molecule has 4 heteroatoms. The fourth-order valence-electron chi connectivity index (χ4n) is 0.460. The highest BCUT2D eigenvalue weighted by Crippen LogP contribution is 2.15. The Kier molecular flexibility index (Phi) is 6.02. The van der Waals surface area contributed by atoms with Crippen LogP contribution in [-0.4, -0.2) is 11.1 Å². The molecule has 0 radical (unpaired) electrons. The lowest BCUT2D eigenvalue weighted by atomic mass is 10.4. The summed E-state index contributed by atoms with van der Waals surface area (Å²) in [5.74, 6) is -0.833. The van der Waals surface area contributed by atoms with Crippen LogP contribution < -0.4 is 0 Å². The molecule has 0 spiro atoms. The van der Waals surface area contributed by atoms with Gasteiger partial charge in [0.2, 0.25) is 0 Å². The average molecular weight is 296 g/mol. The van der Waals surface area contributed by atoms with E-state index in [1.54, 1.807) is 0 Å². The Morgan fingerprint density at radius 2 is 1.67 bits per heavy atom. The highest BCUT2D eigenvalue weighted by molar-refractivity contribution is 9.11. The van der Waals surface area contributed by atoms with Gasteiger partial charge in [-0.3, -0.25) is 4.79 Å². The van der Waals surface area contributed by atoms with Crippen molar-refractivity contribution in [3.8, 4) is 0 Å². The van der Waals surface area contributed by atoms with Gasteiger partial charge >= 0.3 is 0 Å². The van der Waals surface area contributed by atoms with Crippen LogP contribution in [0.15, 0.2) is 33.2 Å². The molecule has 66 valence electrons. The fourth-order valence-corrected chi connectivity index (χ4v) is 1.57. The molecular weight excluding hydrogens is 288 g/mol. The lowest BCUT2D eigenvalue weighted by Gasteiger charge is -1.87. The summed E-state index contributed by atoms with van der Waals surface area (Å²) in [4.78, 5) is 9.00. The molecule has 0 aromatic heterocycles. The third-order valence-electron chi connectivity index (χ3n) is 0.787. The Labute approximate surface area is 87.9 Å². The van der Waals surface area contributed by atoms with Crippen molar-refractivity contribution in [2.45, 2.75) is 6.92 Å². The molecule has 1 N–H and O–H groups in total. The van der Waals surface area contributed by atoms with Gasteiger partial charge in [0.25, 0.3) is 5.97 Å². The fraction of sp³-hybridized carbons (Fsp3) is 0.125. The maximum absolute atomic E-state index is 9.00. The van der Waals surface area contributed by atoms with E-state index in [1.165, 1.54) is 0 Å². The normalized spacial score (nSPS) is 8.25. The molecule has 0 bridgehead atoms. The van der Waals surface area contributed by atoms with Gasteiger partial charge in [-0.05, 0) is 18.2 Å². The molecule has 0 unspecified atom stereocenters. The number of carboxylic acid groups (broad SMARTS) is 1. The number of hydrogen-bond acceptors (Lipinski definition) is 1. The zero-order valence-electron chi connectivity index (χ0n) is 6.42. The SMILES string of the molecule is Brc1cccc(Br)c1.CC(=O)O. The van der Waals surface area contributed by atoms with Crippen LogP contribution in [0.5, 0.6) is 0 Å². The second-order valence-electron chi connectivity index (χ2n) is 1.96. The molecule has 0 aliphatic heterocycles. The van der Waals surface area contributed by atoms with E-state index in [9.17, 15) is 0 Å². The first-order valence-electron chi connectivity index (χ1n) is 3.13. The van der Waals surface area contributed by atoms with Gasteiger partial charge in [-0.2, -0.15) is 0 Å². The van der Waals surface area contributed by atoms with E-state index in [4.69, 9.17) is 9.90 Å². The van der Waals surface area contributed by atoms with Crippen LogP contribution in [0, 0.1) is 0 Å². The highest BCUT2D eigenvalue weighted by atomic mass is 79.9. The molecule has 0 fully saturated rings. The van der Waals surface area contributed by atoms with E-state index in [0.29, 0.717) is 0 Å². The Morgan fingerprint density at radius 3 is 1.83 bits per heavy atom. The van der Waals surface area contributed by atoms with Gasteiger partial charge in [0, 0.05) is 15.9 Å². The Balaban J connectivity index is 0.000000261. The van der Waals surface area contributed by atoms with Gasteiger partial charge in [-0.1, -0.05) is 37.9 Å². The molecule has 0 heterocycles. The molecule has 1 aromatic carbocycles. The molecule has 1 aromatic rings. The first kappa shape index (κ1) is 11.6. The quantitative estimate of drug-likeness (QED) is 0.797. The average Bonchev–Trinajstić information content (AvgIpc) is 1.84. The minimum atomic E-state index is -0.833. The third kappa shape index (κ3) is 7.75. The van der Waals surface area contributed by atoms with Crippen molar-refractivity contribution in [3.05, 3.63) is 33.2 Å². The maximum Gasteiger partial charge on any atom is 0.300 e. The number of carboxylic acids is 1. The van der Waals surface area contributed by atoms with Crippen molar-refractivity contribution in [1.82, 2.24) is 0 Å². The van der Waals surface area contributed by atoms with Crippen molar-refractivity contribution in [2.75, 3.05) is 0 Å². The van der Waals surface area contributed by atoms with E-state index in [1.807, 2.05) is 24.3 Å². The zero-order chi connectivity index (χ0) is 9.56. The predicted octanol–water partition coefficient (Wildman–Crippen LogP) is 3.30. The largest absolute Gasteiger partial charge is 0.481 e. The van der Waals surface area contributed by atoms with Crippen LogP contribution in [0.4, 0.5) is 0 Å². The monoisotopic (exact) mass is 294 g/mol. The van der Waals surface area contributed by atoms with Crippen LogP contribution >= 0.6 is 31.9 Å². The summed E-state index contributed by atoms with van der Waals surface area (Å²) < 4.78 is 2.21. The lowest BCUT2D eigenvalue weighted by molar-refractivity contribution is -0.134. The van der Waals surface area contributed by atoms with Gasteiger partial charge in [-0.25, -0.2) is 0 Å². The van der Waals surface area contributed by atoms with Gasteiger partial charge in [0.1, 0.15) is 0 Å². The minimum absolute atomic E-state index is 0.833. The van der Waals surface area contributed by atoms with Crippen LogP contribution in [0.1, 0.15) is 6.92 Å². The molecular formula is C8H8Br2O2. The van der Waals surface area contributed by atoms with Crippen molar-refractivity contribution >= 4 is 37.8 Å². The van der Waals surface area contributed by atoms with Crippen LogP contribution in [0.25, 0.3) is 0 Å². The molecule has 0 aliphatic rings. The van der Waals surface area contributed by atoms with E-state index >= 15 is 0 Å². The van der Waals surface area contributed by atoms with E-state index in [2.05, 4.69) is 31.9 Å². The zero-order valence-corrected chi connectivity index (χ0v) is 9.59. The minimum Gasteiger partial charge on any atom is -0.481 e. The first-order valence-corrected chi connectivity index (χ1v) is 4.71. The van der Waals surface area contributed by atoms with Crippen molar-refractivity contribution in [2.24, 2.45) is 0 Å². The van der Waals surface area contributed by atoms with Gasteiger partial charge in [0.15, 0.2) is 0 Å². The molecule has 12 heavy (non-hydrogen) atoms. The number of halogens is 2. The third-order valence-corrected chi connectivity index (χ3v) is 1.77. The van der Waals surface area contributed by atoms with Gasteiger partial charge in [0.05, 0.1) is 0 Å². The van der Waals surface area contributed by atoms with E-state index in [-0.39, 0.29) is 0 Å². The highest BCUT2D eigenvalue weighted by Gasteiger charge is 1.84.